The summed E-state index contributed by atoms with van der Waals surface area (Å²) in [7, 11) is 0. The van der Waals surface area contributed by atoms with Crippen molar-refractivity contribution in [3.63, 3.8) is 0 Å². The SMILES string of the molecule is CCC(=O)[C@H]1O[C@@]2(CC[C@@]3(C)C4=C(CC[C@@]32C)[C@@]2(C)CC[C@H](O)[C@](C)(CO)[C@@H]2CC4)[C@H](C)[C@H]1O. The van der Waals surface area contributed by atoms with E-state index in [2.05, 4.69) is 34.6 Å². The van der Waals surface area contributed by atoms with Crippen LogP contribution in [0.3, 0.4) is 0 Å². The van der Waals surface area contributed by atoms with E-state index >= 15 is 0 Å². The van der Waals surface area contributed by atoms with Crippen LogP contribution in [0.15, 0.2) is 11.1 Å². The predicted octanol–water partition coefficient (Wildman–Crippen LogP) is 4.57. The van der Waals surface area contributed by atoms with Crippen LogP contribution in [0.25, 0.3) is 0 Å². The number of ether oxygens (including phenoxy) is 1. The molecule has 0 aromatic rings. The third-order valence-electron chi connectivity index (χ3n) is 12.6. The molecule has 1 aliphatic heterocycles. The largest absolute Gasteiger partial charge is 0.396 e. The number of hydrogen-bond donors (Lipinski definition) is 3. The minimum Gasteiger partial charge on any atom is -0.396 e. The molecule has 5 heteroatoms. The second-order valence-corrected chi connectivity index (χ2v) is 13.4. The van der Waals surface area contributed by atoms with Crippen molar-refractivity contribution in [2.45, 2.75) is 123 Å². The van der Waals surface area contributed by atoms with Crippen molar-refractivity contribution in [2.24, 2.45) is 33.5 Å². The van der Waals surface area contributed by atoms with Crippen molar-refractivity contribution < 1.29 is 24.9 Å². The first-order valence-electron chi connectivity index (χ1n) is 13.8. The van der Waals surface area contributed by atoms with Crippen LogP contribution in [0, 0.1) is 33.5 Å². The zero-order valence-electron chi connectivity index (χ0n) is 22.1. The lowest BCUT2D eigenvalue weighted by molar-refractivity contribution is -0.164. The van der Waals surface area contributed by atoms with E-state index in [-0.39, 0.29) is 40.5 Å². The molecule has 2 saturated carbocycles. The zero-order chi connectivity index (χ0) is 24.9. The molecular formula is C29H46O5. The van der Waals surface area contributed by atoms with Crippen molar-refractivity contribution in [2.75, 3.05) is 6.61 Å². The van der Waals surface area contributed by atoms with Gasteiger partial charge in [0, 0.05) is 23.2 Å². The Hall–Kier alpha value is -0.750. The van der Waals surface area contributed by atoms with E-state index in [1.54, 1.807) is 11.1 Å². The molecule has 4 aliphatic carbocycles. The Balaban J connectivity index is 1.57. The average Bonchev–Trinajstić information content (AvgIpc) is 3.22. The normalized spacial score (nSPS) is 54.7. The standard InChI is InChI=1S/C29H46O5/c1-7-20(31)24-23(33)17(2)29(34-24)15-14-27(5)19-8-9-21-25(3,18(19)10-13-28(27,29)6)12-11-22(32)26(21,4)16-30/h17,21-24,30,32-33H,7-16H2,1-6H3/t17-,21-,22+,23-,24-,25-,26-,27+,28+,29+/m1/s1. The Morgan fingerprint density at radius 2 is 1.71 bits per heavy atom. The van der Waals surface area contributed by atoms with Gasteiger partial charge in [-0.2, -0.15) is 0 Å². The van der Waals surface area contributed by atoms with E-state index in [9.17, 15) is 20.1 Å². The fourth-order valence-corrected chi connectivity index (χ4v) is 10.1. The van der Waals surface area contributed by atoms with Gasteiger partial charge in [-0.05, 0) is 68.1 Å². The van der Waals surface area contributed by atoms with Crippen LogP contribution in [0.2, 0.25) is 0 Å². The van der Waals surface area contributed by atoms with Crippen LogP contribution in [-0.4, -0.2) is 51.6 Å². The summed E-state index contributed by atoms with van der Waals surface area (Å²) < 4.78 is 6.71. The Morgan fingerprint density at radius 3 is 2.35 bits per heavy atom. The van der Waals surface area contributed by atoms with Gasteiger partial charge >= 0.3 is 0 Å². The van der Waals surface area contributed by atoms with Crippen LogP contribution in [0.1, 0.15) is 99.3 Å². The molecule has 0 bridgehead atoms. The van der Waals surface area contributed by atoms with Crippen LogP contribution in [0.4, 0.5) is 0 Å². The van der Waals surface area contributed by atoms with Gasteiger partial charge in [0.2, 0.25) is 0 Å². The number of carbonyl (C=O) groups excluding carboxylic acids is 1. The highest BCUT2D eigenvalue weighted by atomic mass is 16.5. The summed E-state index contributed by atoms with van der Waals surface area (Å²) in [6.45, 7) is 13.3. The molecule has 0 aromatic heterocycles. The number of Topliss-reactive ketones (excluding diaryl/α,β-unsaturated/α-hetero) is 1. The highest BCUT2D eigenvalue weighted by Gasteiger charge is 2.73. The molecule has 0 radical (unpaired) electrons. The summed E-state index contributed by atoms with van der Waals surface area (Å²) in [4.78, 5) is 12.7. The molecule has 5 nitrogen and oxygen atoms in total. The van der Waals surface area contributed by atoms with Gasteiger partial charge in [-0.25, -0.2) is 0 Å². The highest BCUT2D eigenvalue weighted by molar-refractivity contribution is 5.84. The predicted molar refractivity (Wildman–Crippen MR) is 131 cm³/mol. The molecule has 34 heavy (non-hydrogen) atoms. The molecule has 0 aromatic carbocycles. The number of allylic oxidation sites excluding steroid dienone is 2. The molecule has 192 valence electrons. The molecular weight excluding hydrogens is 428 g/mol. The van der Waals surface area contributed by atoms with Crippen molar-refractivity contribution in [3.8, 4) is 0 Å². The summed E-state index contributed by atoms with van der Waals surface area (Å²) in [5.41, 5.74) is 2.08. The van der Waals surface area contributed by atoms with Gasteiger partial charge in [-0.15, -0.1) is 0 Å². The lowest BCUT2D eigenvalue weighted by Crippen LogP contribution is -2.59. The number of rotatable bonds is 3. The molecule has 1 spiro atoms. The number of aliphatic hydroxyl groups is 3. The Labute approximate surface area is 205 Å². The maximum atomic E-state index is 12.7. The molecule has 3 N–H and O–H groups in total. The van der Waals surface area contributed by atoms with E-state index in [0.29, 0.717) is 6.42 Å². The lowest BCUT2D eigenvalue weighted by atomic mass is 9.42. The maximum absolute atomic E-state index is 12.7. The third kappa shape index (κ3) is 2.68. The summed E-state index contributed by atoms with van der Waals surface area (Å²) in [5.74, 6) is 0.225. The number of ketones is 1. The Kier molecular flexibility index (Phi) is 5.59. The van der Waals surface area contributed by atoms with Gasteiger partial charge in [0.05, 0.1) is 24.4 Å². The van der Waals surface area contributed by atoms with E-state index in [4.69, 9.17) is 4.74 Å². The number of fused-ring (bicyclic) bond motifs is 5. The monoisotopic (exact) mass is 474 g/mol. The van der Waals surface area contributed by atoms with Crippen LogP contribution in [0.5, 0.6) is 0 Å². The highest BCUT2D eigenvalue weighted by Crippen LogP contribution is 2.75. The first-order chi connectivity index (χ1) is 15.9. The van der Waals surface area contributed by atoms with Crippen molar-refractivity contribution in [1.82, 2.24) is 0 Å². The molecule has 1 saturated heterocycles. The molecule has 10 atom stereocenters. The quantitative estimate of drug-likeness (QED) is 0.522. The summed E-state index contributed by atoms with van der Waals surface area (Å²) in [5, 5.41) is 32.3. The van der Waals surface area contributed by atoms with Gasteiger partial charge < -0.3 is 20.1 Å². The Morgan fingerprint density at radius 1 is 1.00 bits per heavy atom. The van der Waals surface area contributed by atoms with Gasteiger partial charge in [-0.1, -0.05) is 52.7 Å². The second kappa shape index (κ2) is 7.63. The second-order valence-electron chi connectivity index (χ2n) is 13.4. The maximum Gasteiger partial charge on any atom is 0.163 e. The summed E-state index contributed by atoms with van der Waals surface area (Å²) >= 11 is 0. The lowest BCUT2D eigenvalue weighted by Gasteiger charge is -2.63. The molecule has 1 heterocycles. The molecule has 3 fully saturated rings. The fourth-order valence-electron chi connectivity index (χ4n) is 10.1. The van der Waals surface area contributed by atoms with Crippen LogP contribution < -0.4 is 0 Å². The fraction of sp³-hybridized carbons (Fsp3) is 0.897. The Bertz CT molecular complexity index is 912. The average molecular weight is 475 g/mol. The van der Waals surface area contributed by atoms with Crippen molar-refractivity contribution in [3.05, 3.63) is 11.1 Å². The summed E-state index contributed by atoms with van der Waals surface area (Å²) in [6, 6.07) is 0. The number of hydrogen-bond acceptors (Lipinski definition) is 5. The number of carbonyl (C=O) groups is 1. The van der Waals surface area contributed by atoms with Gasteiger partial charge in [0.15, 0.2) is 5.78 Å². The molecule has 0 amide bonds. The smallest absolute Gasteiger partial charge is 0.163 e. The van der Waals surface area contributed by atoms with E-state index in [1.807, 2.05) is 6.92 Å². The molecule has 0 unspecified atom stereocenters. The van der Waals surface area contributed by atoms with Crippen LogP contribution in [-0.2, 0) is 9.53 Å². The van der Waals surface area contributed by atoms with E-state index in [0.717, 1.165) is 51.4 Å². The summed E-state index contributed by atoms with van der Waals surface area (Å²) in [6.07, 6.45) is 6.14. The first-order valence-corrected chi connectivity index (χ1v) is 13.8. The minimum absolute atomic E-state index is 0.00671. The van der Waals surface area contributed by atoms with Crippen molar-refractivity contribution >= 4 is 5.78 Å². The van der Waals surface area contributed by atoms with Gasteiger partial charge in [0.1, 0.15) is 6.10 Å². The van der Waals surface area contributed by atoms with Gasteiger partial charge in [-0.3, -0.25) is 4.79 Å². The zero-order valence-corrected chi connectivity index (χ0v) is 22.1. The third-order valence-corrected chi connectivity index (χ3v) is 12.6. The molecule has 5 aliphatic rings. The van der Waals surface area contributed by atoms with Gasteiger partial charge in [0.25, 0.3) is 0 Å². The minimum atomic E-state index is -0.736. The number of aliphatic hydroxyl groups excluding tert-OH is 3. The van der Waals surface area contributed by atoms with Crippen LogP contribution >= 0.6 is 0 Å². The topological polar surface area (TPSA) is 87.0 Å². The van der Waals surface area contributed by atoms with Crippen molar-refractivity contribution in [1.29, 1.82) is 0 Å². The van der Waals surface area contributed by atoms with E-state index in [1.165, 1.54) is 0 Å². The van der Waals surface area contributed by atoms with E-state index < -0.39 is 29.3 Å². The first kappa shape index (κ1) is 24.9. The molecule has 5 rings (SSSR count).